The van der Waals surface area contributed by atoms with Crippen molar-refractivity contribution in [2.75, 3.05) is 13.2 Å². The SMILES string of the molecule is N[C@H](CO)C(=O)N[C@@H](CO)C(=O)N[C@@H](CC(=O)O)C(=O)O. The standard InChI is InChI=1S/C10H17N3O8/c11-4(2-14)8(18)13-6(3-15)9(19)12-5(10(20)21)1-7(16)17/h4-6,14-15H,1-3,11H2,(H,12,19)(H,13,18)(H,16,17)(H,20,21)/t4-,5+,6+/m1/s1. The molecule has 0 heterocycles. The molecule has 0 aliphatic carbocycles. The van der Waals surface area contributed by atoms with Gasteiger partial charge in [-0.15, -0.1) is 0 Å². The average molecular weight is 307 g/mol. The Balaban J connectivity index is 4.73. The second-order valence-electron chi connectivity index (χ2n) is 4.03. The summed E-state index contributed by atoms with van der Waals surface area (Å²) >= 11 is 0. The topological polar surface area (TPSA) is 199 Å². The predicted molar refractivity (Wildman–Crippen MR) is 65.9 cm³/mol. The van der Waals surface area contributed by atoms with Gasteiger partial charge in [-0.1, -0.05) is 0 Å². The molecule has 0 aromatic carbocycles. The first kappa shape index (κ1) is 18.8. The number of aliphatic hydroxyl groups excluding tert-OH is 2. The Kier molecular flexibility index (Phi) is 7.89. The van der Waals surface area contributed by atoms with Crippen molar-refractivity contribution in [3.05, 3.63) is 0 Å². The first-order valence-electron chi connectivity index (χ1n) is 5.75. The fourth-order valence-corrected chi connectivity index (χ4v) is 1.20. The summed E-state index contributed by atoms with van der Waals surface area (Å²) in [6, 6.07) is -4.56. The first-order chi connectivity index (χ1) is 9.72. The number of aliphatic hydroxyl groups is 2. The average Bonchev–Trinajstić information content (AvgIpc) is 2.41. The minimum absolute atomic E-state index is 0.692. The van der Waals surface area contributed by atoms with Gasteiger partial charge in [-0.25, -0.2) is 4.79 Å². The monoisotopic (exact) mass is 307 g/mol. The molecule has 0 radical (unpaired) electrons. The van der Waals surface area contributed by atoms with E-state index in [2.05, 4.69) is 0 Å². The van der Waals surface area contributed by atoms with Crippen LogP contribution in [0.2, 0.25) is 0 Å². The molecule has 3 atom stereocenters. The highest BCUT2D eigenvalue weighted by Gasteiger charge is 2.28. The van der Waals surface area contributed by atoms with Gasteiger partial charge in [0.15, 0.2) is 0 Å². The summed E-state index contributed by atoms with van der Waals surface area (Å²) in [6.45, 7) is -1.56. The maximum atomic E-state index is 11.7. The van der Waals surface area contributed by atoms with Crippen LogP contribution in [0.25, 0.3) is 0 Å². The van der Waals surface area contributed by atoms with Crippen molar-refractivity contribution in [1.29, 1.82) is 0 Å². The van der Waals surface area contributed by atoms with Crippen molar-refractivity contribution in [3.63, 3.8) is 0 Å². The Morgan fingerprint density at radius 2 is 1.43 bits per heavy atom. The number of hydrogen-bond acceptors (Lipinski definition) is 7. The number of carboxylic acid groups (broad SMARTS) is 2. The van der Waals surface area contributed by atoms with E-state index in [0.29, 0.717) is 0 Å². The van der Waals surface area contributed by atoms with Crippen molar-refractivity contribution in [3.8, 4) is 0 Å². The third-order valence-electron chi connectivity index (χ3n) is 2.34. The summed E-state index contributed by atoms with van der Waals surface area (Å²) in [7, 11) is 0. The van der Waals surface area contributed by atoms with Crippen LogP contribution in [0.15, 0.2) is 0 Å². The van der Waals surface area contributed by atoms with E-state index in [1.165, 1.54) is 0 Å². The smallest absolute Gasteiger partial charge is 0.326 e. The maximum Gasteiger partial charge on any atom is 0.326 e. The summed E-state index contributed by atoms with van der Waals surface area (Å²) < 4.78 is 0. The largest absolute Gasteiger partial charge is 0.481 e. The highest BCUT2D eigenvalue weighted by molar-refractivity contribution is 5.92. The molecule has 0 aliphatic heterocycles. The van der Waals surface area contributed by atoms with Crippen molar-refractivity contribution in [2.45, 2.75) is 24.5 Å². The second-order valence-corrected chi connectivity index (χ2v) is 4.03. The minimum atomic E-state index is -1.72. The van der Waals surface area contributed by atoms with Crippen molar-refractivity contribution >= 4 is 23.8 Å². The van der Waals surface area contributed by atoms with Gasteiger partial charge in [-0.3, -0.25) is 14.4 Å². The zero-order chi connectivity index (χ0) is 16.6. The van der Waals surface area contributed by atoms with Gasteiger partial charge >= 0.3 is 11.9 Å². The van der Waals surface area contributed by atoms with E-state index in [9.17, 15) is 19.2 Å². The van der Waals surface area contributed by atoms with Crippen LogP contribution in [0.4, 0.5) is 0 Å². The molecule has 0 spiro atoms. The van der Waals surface area contributed by atoms with Crippen LogP contribution in [-0.2, 0) is 19.2 Å². The molecule has 11 nitrogen and oxygen atoms in total. The fraction of sp³-hybridized carbons (Fsp3) is 0.600. The maximum absolute atomic E-state index is 11.7. The molecule has 2 amide bonds. The summed E-state index contributed by atoms with van der Waals surface area (Å²) in [5, 5.41) is 38.8. The fourth-order valence-electron chi connectivity index (χ4n) is 1.20. The predicted octanol–water partition coefficient (Wildman–Crippen LogP) is -4.17. The molecule has 0 saturated carbocycles. The lowest BCUT2D eigenvalue weighted by atomic mass is 10.1. The number of carbonyl (C=O) groups excluding carboxylic acids is 2. The van der Waals surface area contributed by atoms with Gasteiger partial charge < -0.3 is 36.8 Å². The zero-order valence-corrected chi connectivity index (χ0v) is 10.9. The van der Waals surface area contributed by atoms with Gasteiger partial charge in [0.25, 0.3) is 0 Å². The Morgan fingerprint density at radius 1 is 0.905 bits per heavy atom. The van der Waals surface area contributed by atoms with Gasteiger partial charge in [-0.05, 0) is 0 Å². The number of rotatable bonds is 9. The highest BCUT2D eigenvalue weighted by Crippen LogP contribution is 1.95. The number of aliphatic carboxylic acids is 2. The van der Waals surface area contributed by atoms with Crippen molar-refractivity contribution in [1.82, 2.24) is 10.6 Å². The molecule has 0 saturated heterocycles. The van der Waals surface area contributed by atoms with E-state index in [-0.39, 0.29) is 0 Å². The number of amides is 2. The lowest BCUT2D eigenvalue weighted by Crippen LogP contribution is -2.56. The van der Waals surface area contributed by atoms with E-state index in [1.807, 2.05) is 10.6 Å². The first-order valence-corrected chi connectivity index (χ1v) is 5.75. The molecule has 0 bridgehead atoms. The van der Waals surface area contributed by atoms with Gasteiger partial charge in [0.05, 0.1) is 19.6 Å². The summed E-state index contributed by atoms with van der Waals surface area (Å²) in [6.07, 6.45) is -0.872. The Bertz CT molecular complexity index is 413. The molecule has 21 heavy (non-hydrogen) atoms. The number of carboxylic acids is 2. The molecule has 8 N–H and O–H groups in total. The Labute approximate surface area is 118 Å². The number of nitrogens with two attached hydrogens (primary N) is 1. The van der Waals surface area contributed by atoms with Gasteiger partial charge in [0, 0.05) is 0 Å². The molecule has 0 unspecified atom stereocenters. The molecule has 11 heteroatoms. The third kappa shape index (κ3) is 6.65. The minimum Gasteiger partial charge on any atom is -0.481 e. The molecule has 0 aliphatic rings. The third-order valence-corrected chi connectivity index (χ3v) is 2.34. The van der Waals surface area contributed by atoms with Crippen molar-refractivity contribution in [2.24, 2.45) is 5.73 Å². The van der Waals surface area contributed by atoms with Crippen LogP contribution >= 0.6 is 0 Å². The van der Waals surface area contributed by atoms with Gasteiger partial charge in [-0.2, -0.15) is 0 Å². The summed E-state index contributed by atoms with van der Waals surface area (Å²) in [4.78, 5) is 44.3. The number of nitrogens with one attached hydrogen (secondary N) is 2. The van der Waals surface area contributed by atoms with E-state index in [0.717, 1.165) is 0 Å². The van der Waals surface area contributed by atoms with Crippen molar-refractivity contribution < 1.29 is 39.6 Å². The van der Waals surface area contributed by atoms with Gasteiger partial charge in [0.2, 0.25) is 11.8 Å². The second kappa shape index (κ2) is 8.84. The quantitative estimate of drug-likeness (QED) is 0.221. The molecule has 0 rings (SSSR count). The molecular formula is C10H17N3O8. The highest BCUT2D eigenvalue weighted by atomic mass is 16.4. The zero-order valence-electron chi connectivity index (χ0n) is 10.9. The normalized spacial score (nSPS) is 14.6. The van der Waals surface area contributed by atoms with Crippen LogP contribution in [0.5, 0.6) is 0 Å². The Morgan fingerprint density at radius 3 is 1.81 bits per heavy atom. The molecular weight excluding hydrogens is 290 g/mol. The van der Waals surface area contributed by atoms with E-state index in [1.54, 1.807) is 0 Å². The van der Waals surface area contributed by atoms with E-state index < -0.39 is 61.5 Å². The lowest BCUT2D eigenvalue weighted by molar-refractivity contribution is -0.147. The number of carbonyl (C=O) groups is 4. The van der Waals surface area contributed by atoms with E-state index in [4.69, 9.17) is 26.2 Å². The molecule has 120 valence electrons. The van der Waals surface area contributed by atoms with Crippen LogP contribution in [0, 0.1) is 0 Å². The summed E-state index contributed by atoms with van der Waals surface area (Å²) in [5.41, 5.74) is 5.19. The Hall–Kier alpha value is -2.24. The van der Waals surface area contributed by atoms with Crippen LogP contribution in [0.1, 0.15) is 6.42 Å². The molecule has 0 fully saturated rings. The lowest BCUT2D eigenvalue weighted by Gasteiger charge is -2.20. The summed E-state index contributed by atoms with van der Waals surface area (Å²) in [5.74, 6) is -5.06. The van der Waals surface area contributed by atoms with Crippen LogP contribution < -0.4 is 16.4 Å². The van der Waals surface area contributed by atoms with E-state index >= 15 is 0 Å². The molecule has 0 aromatic heterocycles. The van der Waals surface area contributed by atoms with Gasteiger partial charge in [0.1, 0.15) is 18.1 Å². The number of hydrogen-bond donors (Lipinski definition) is 7. The van der Waals surface area contributed by atoms with Crippen LogP contribution in [0.3, 0.4) is 0 Å². The van der Waals surface area contributed by atoms with Crippen LogP contribution in [-0.4, -0.2) is 75.5 Å². The molecule has 0 aromatic rings.